The maximum atomic E-state index is 6.10. The number of hydrogen-bond acceptors (Lipinski definition) is 3. The standard InChI is InChI=1S/C25H19ClN4/c1-30-24-10-6-5-9-19(24)21(25(30)17-7-3-2-4-8-17)16-28-29-22-13-14-27-23-15-18(26)11-12-20(22)23/h2-16H,1H3,(H,27,29). The summed E-state index contributed by atoms with van der Waals surface area (Å²) in [7, 11) is 2.09. The summed E-state index contributed by atoms with van der Waals surface area (Å²) in [4.78, 5) is 4.39. The first kappa shape index (κ1) is 18.4. The van der Waals surface area contributed by atoms with Gasteiger partial charge in [0.15, 0.2) is 0 Å². The molecule has 0 aliphatic carbocycles. The molecule has 0 bridgehead atoms. The minimum atomic E-state index is 0.666. The maximum Gasteiger partial charge on any atom is 0.0738 e. The number of pyridine rings is 1. The van der Waals surface area contributed by atoms with E-state index in [0.29, 0.717) is 5.02 Å². The Labute approximate surface area is 179 Å². The minimum Gasteiger partial charge on any atom is -0.343 e. The van der Waals surface area contributed by atoms with Gasteiger partial charge < -0.3 is 4.57 Å². The second kappa shape index (κ2) is 7.65. The molecule has 5 heteroatoms. The Morgan fingerprint density at radius 3 is 2.60 bits per heavy atom. The lowest BCUT2D eigenvalue weighted by atomic mass is 10.1. The van der Waals surface area contributed by atoms with Crippen molar-refractivity contribution in [1.82, 2.24) is 9.55 Å². The Bertz CT molecular complexity index is 1390. The van der Waals surface area contributed by atoms with E-state index >= 15 is 0 Å². The number of hydrogen-bond donors (Lipinski definition) is 1. The van der Waals surface area contributed by atoms with E-state index in [1.54, 1.807) is 6.20 Å². The van der Waals surface area contributed by atoms with Gasteiger partial charge in [-0.1, -0.05) is 60.1 Å². The lowest BCUT2D eigenvalue weighted by Crippen LogP contribution is -1.96. The Morgan fingerprint density at radius 1 is 0.933 bits per heavy atom. The van der Waals surface area contributed by atoms with E-state index in [4.69, 9.17) is 11.6 Å². The molecule has 0 atom stereocenters. The van der Waals surface area contributed by atoms with Gasteiger partial charge in [-0.15, -0.1) is 0 Å². The molecule has 0 saturated heterocycles. The van der Waals surface area contributed by atoms with Crippen LogP contribution in [0.5, 0.6) is 0 Å². The van der Waals surface area contributed by atoms with E-state index in [2.05, 4.69) is 75.7 Å². The summed E-state index contributed by atoms with van der Waals surface area (Å²) in [6, 6.07) is 26.3. The van der Waals surface area contributed by atoms with Crippen LogP contribution in [0.1, 0.15) is 5.56 Å². The predicted octanol–water partition coefficient (Wildman–Crippen LogP) is 6.49. The van der Waals surface area contributed by atoms with Gasteiger partial charge in [-0.2, -0.15) is 5.10 Å². The average molecular weight is 411 g/mol. The lowest BCUT2D eigenvalue weighted by Gasteiger charge is -2.07. The first-order valence-corrected chi connectivity index (χ1v) is 10.1. The molecule has 0 saturated carbocycles. The molecule has 3 aromatic carbocycles. The molecule has 2 heterocycles. The van der Waals surface area contributed by atoms with Crippen molar-refractivity contribution in [3.8, 4) is 11.3 Å². The molecular weight excluding hydrogens is 392 g/mol. The Balaban J connectivity index is 1.58. The zero-order valence-corrected chi connectivity index (χ0v) is 17.1. The summed E-state index contributed by atoms with van der Waals surface area (Å²) < 4.78 is 2.22. The lowest BCUT2D eigenvalue weighted by molar-refractivity contribution is 0.977. The molecule has 0 fully saturated rings. The van der Waals surface area contributed by atoms with E-state index in [-0.39, 0.29) is 0 Å². The fourth-order valence-electron chi connectivity index (χ4n) is 3.88. The van der Waals surface area contributed by atoms with Crippen LogP contribution in [0.4, 0.5) is 5.69 Å². The molecule has 2 aromatic heterocycles. The smallest absolute Gasteiger partial charge is 0.0738 e. The van der Waals surface area contributed by atoms with E-state index in [1.165, 1.54) is 5.52 Å². The van der Waals surface area contributed by atoms with E-state index in [9.17, 15) is 0 Å². The van der Waals surface area contributed by atoms with Crippen LogP contribution in [0.3, 0.4) is 0 Å². The van der Waals surface area contributed by atoms with Gasteiger partial charge in [0, 0.05) is 40.1 Å². The van der Waals surface area contributed by atoms with Crippen LogP contribution >= 0.6 is 11.6 Å². The van der Waals surface area contributed by atoms with E-state index < -0.39 is 0 Å². The number of halogens is 1. The maximum absolute atomic E-state index is 6.10. The van der Waals surface area contributed by atoms with Crippen molar-refractivity contribution in [2.75, 3.05) is 5.43 Å². The number of hydrazone groups is 1. The summed E-state index contributed by atoms with van der Waals surface area (Å²) in [5.74, 6) is 0. The topological polar surface area (TPSA) is 42.2 Å². The molecule has 4 nitrogen and oxygen atoms in total. The number of anilines is 1. The first-order chi connectivity index (χ1) is 14.7. The number of fused-ring (bicyclic) bond motifs is 2. The van der Waals surface area contributed by atoms with Crippen molar-refractivity contribution in [3.63, 3.8) is 0 Å². The molecular formula is C25H19ClN4. The number of nitrogens with one attached hydrogen (secondary N) is 1. The van der Waals surface area contributed by atoms with Crippen LogP contribution < -0.4 is 5.43 Å². The van der Waals surface area contributed by atoms with Gasteiger partial charge in [0.2, 0.25) is 0 Å². The van der Waals surface area contributed by atoms with E-state index in [1.807, 2.05) is 36.5 Å². The molecule has 1 N–H and O–H groups in total. The Morgan fingerprint density at radius 2 is 1.73 bits per heavy atom. The predicted molar refractivity (Wildman–Crippen MR) is 126 cm³/mol. The number of rotatable bonds is 4. The summed E-state index contributed by atoms with van der Waals surface area (Å²) in [5.41, 5.74) is 9.43. The summed E-state index contributed by atoms with van der Waals surface area (Å²) in [6.07, 6.45) is 3.65. The zero-order valence-electron chi connectivity index (χ0n) is 16.4. The number of nitrogens with zero attached hydrogens (tertiary/aromatic N) is 3. The van der Waals surface area contributed by atoms with Gasteiger partial charge >= 0.3 is 0 Å². The highest BCUT2D eigenvalue weighted by molar-refractivity contribution is 6.31. The molecule has 0 unspecified atom stereocenters. The van der Waals surface area contributed by atoms with Crippen LogP contribution in [-0.2, 0) is 7.05 Å². The number of benzene rings is 3. The molecule has 30 heavy (non-hydrogen) atoms. The van der Waals surface area contributed by atoms with Crippen molar-refractivity contribution in [2.45, 2.75) is 0 Å². The molecule has 0 amide bonds. The minimum absolute atomic E-state index is 0.666. The van der Waals surface area contributed by atoms with Crippen LogP contribution in [-0.4, -0.2) is 15.8 Å². The Kier molecular flexibility index (Phi) is 4.69. The third-order valence-corrected chi connectivity index (χ3v) is 5.51. The monoisotopic (exact) mass is 410 g/mol. The van der Waals surface area contributed by atoms with Gasteiger partial charge in [-0.25, -0.2) is 0 Å². The number of aryl methyl sites for hydroxylation is 1. The quantitative estimate of drug-likeness (QED) is 0.271. The largest absolute Gasteiger partial charge is 0.343 e. The first-order valence-electron chi connectivity index (χ1n) is 9.68. The number of aromatic nitrogens is 2. The zero-order chi connectivity index (χ0) is 20.5. The van der Waals surface area contributed by atoms with Crippen molar-refractivity contribution < 1.29 is 0 Å². The van der Waals surface area contributed by atoms with E-state index in [0.717, 1.165) is 38.8 Å². The normalized spacial score (nSPS) is 11.5. The molecule has 0 aliphatic rings. The third-order valence-electron chi connectivity index (χ3n) is 5.28. The third kappa shape index (κ3) is 3.21. The molecule has 0 aliphatic heterocycles. The fraction of sp³-hybridized carbons (Fsp3) is 0.0400. The molecule has 146 valence electrons. The highest BCUT2D eigenvalue weighted by Gasteiger charge is 2.15. The van der Waals surface area contributed by atoms with Crippen LogP contribution in [0.25, 0.3) is 33.1 Å². The summed E-state index contributed by atoms with van der Waals surface area (Å²) in [6.45, 7) is 0. The van der Waals surface area contributed by atoms with Crippen molar-refractivity contribution in [1.29, 1.82) is 0 Å². The fourth-order valence-corrected chi connectivity index (χ4v) is 4.05. The Hall–Kier alpha value is -3.63. The highest BCUT2D eigenvalue weighted by atomic mass is 35.5. The van der Waals surface area contributed by atoms with Crippen molar-refractivity contribution in [3.05, 3.63) is 95.6 Å². The van der Waals surface area contributed by atoms with Crippen LogP contribution in [0.15, 0.2) is 90.2 Å². The SMILES string of the molecule is Cn1c(-c2ccccc2)c(C=NNc2ccnc3cc(Cl)ccc23)c2ccccc21. The number of para-hydroxylation sites is 1. The summed E-state index contributed by atoms with van der Waals surface area (Å²) in [5, 5.41) is 7.39. The van der Waals surface area contributed by atoms with Gasteiger partial charge in [-0.3, -0.25) is 10.4 Å². The van der Waals surface area contributed by atoms with Crippen LogP contribution in [0.2, 0.25) is 5.02 Å². The molecule has 0 spiro atoms. The van der Waals surface area contributed by atoms with Gasteiger partial charge in [0.1, 0.15) is 0 Å². The highest BCUT2D eigenvalue weighted by Crippen LogP contribution is 2.32. The molecule has 5 rings (SSSR count). The van der Waals surface area contributed by atoms with Gasteiger partial charge in [0.25, 0.3) is 0 Å². The second-order valence-corrected chi connectivity index (χ2v) is 7.53. The van der Waals surface area contributed by atoms with Gasteiger partial charge in [-0.05, 0) is 35.9 Å². The summed E-state index contributed by atoms with van der Waals surface area (Å²) >= 11 is 6.10. The average Bonchev–Trinajstić information content (AvgIpc) is 3.06. The van der Waals surface area contributed by atoms with Crippen molar-refractivity contribution >= 4 is 45.3 Å². The molecule has 0 radical (unpaired) electrons. The van der Waals surface area contributed by atoms with Gasteiger partial charge in [0.05, 0.1) is 23.1 Å². The molecule has 5 aromatic rings. The second-order valence-electron chi connectivity index (χ2n) is 7.09. The van der Waals surface area contributed by atoms with Crippen LogP contribution in [0, 0.1) is 0 Å². The van der Waals surface area contributed by atoms with Crippen molar-refractivity contribution in [2.24, 2.45) is 12.1 Å².